The summed E-state index contributed by atoms with van der Waals surface area (Å²) >= 11 is 11.6. The van der Waals surface area contributed by atoms with Crippen LogP contribution in [0.3, 0.4) is 0 Å². The van der Waals surface area contributed by atoms with E-state index in [1.165, 1.54) is 55.8 Å². The molecule has 200 valence electrons. The number of anilines is 1. The molecule has 0 aliphatic carbocycles. The van der Waals surface area contributed by atoms with E-state index in [4.69, 9.17) is 32.7 Å². The lowest BCUT2D eigenvalue weighted by Crippen LogP contribution is -2.12. The highest BCUT2D eigenvalue weighted by molar-refractivity contribution is 6.34. The first-order valence-electron chi connectivity index (χ1n) is 11.0. The molecule has 0 saturated heterocycles. The summed E-state index contributed by atoms with van der Waals surface area (Å²) in [6.45, 7) is 3.07. The minimum atomic E-state index is -0.717. The van der Waals surface area contributed by atoms with E-state index in [1.54, 1.807) is 18.3 Å². The molecule has 1 amide bonds. The number of aryl methyl sites for hydroxylation is 1. The zero-order valence-corrected chi connectivity index (χ0v) is 22.0. The molecule has 2 aromatic carbocycles. The van der Waals surface area contributed by atoms with Crippen molar-refractivity contribution in [2.24, 2.45) is 0 Å². The normalized spacial score (nSPS) is 10.1. The van der Waals surface area contributed by atoms with Gasteiger partial charge in [-0.25, -0.2) is 14.0 Å². The van der Waals surface area contributed by atoms with Crippen molar-refractivity contribution in [3.05, 3.63) is 106 Å². The molecule has 0 unspecified atom stereocenters. The van der Waals surface area contributed by atoms with Crippen molar-refractivity contribution in [1.82, 2.24) is 9.97 Å². The van der Waals surface area contributed by atoms with Crippen LogP contribution in [0.15, 0.2) is 73.3 Å². The molecule has 2 heterocycles. The Morgan fingerprint density at radius 1 is 0.897 bits per heavy atom. The second-order valence-corrected chi connectivity index (χ2v) is 8.67. The molecule has 0 radical (unpaired) electrons. The first-order chi connectivity index (χ1) is 18.5. The van der Waals surface area contributed by atoms with Crippen molar-refractivity contribution in [2.75, 3.05) is 5.32 Å². The Hall–Kier alpha value is -4.54. The van der Waals surface area contributed by atoms with E-state index in [0.717, 1.165) is 11.6 Å². The molecule has 0 bridgehead atoms. The van der Waals surface area contributed by atoms with E-state index < -0.39 is 23.7 Å². The van der Waals surface area contributed by atoms with Gasteiger partial charge in [0.2, 0.25) is 5.91 Å². The van der Waals surface area contributed by atoms with Gasteiger partial charge in [0.25, 0.3) is 0 Å². The lowest BCUT2D eigenvalue weighted by Gasteiger charge is -2.07. The monoisotopic (exact) mass is 571 g/mol. The highest BCUT2D eigenvalue weighted by Crippen LogP contribution is 2.27. The van der Waals surface area contributed by atoms with Gasteiger partial charge in [-0.3, -0.25) is 14.8 Å². The summed E-state index contributed by atoms with van der Waals surface area (Å²) in [5.74, 6) is -2.27. The number of hydrogen-bond acceptors (Lipinski definition) is 8. The van der Waals surface area contributed by atoms with Crippen molar-refractivity contribution in [3.8, 4) is 17.2 Å². The van der Waals surface area contributed by atoms with Gasteiger partial charge in [0, 0.05) is 25.4 Å². The van der Waals surface area contributed by atoms with Crippen molar-refractivity contribution >= 4 is 46.7 Å². The topological polar surface area (TPSA) is 128 Å². The Morgan fingerprint density at radius 3 is 2.21 bits per heavy atom. The zero-order chi connectivity index (χ0) is 28.5. The van der Waals surface area contributed by atoms with E-state index in [-0.39, 0.29) is 33.3 Å². The van der Waals surface area contributed by atoms with E-state index in [1.807, 2.05) is 6.92 Å². The number of aromatic hydroxyl groups is 1. The number of carbonyl (C=O) groups excluding carboxylic acids is 3. The van der Waals surface area contributed by atoms with Crippen molar-refractivity contribution in [3.63, 3.8) is 0 Å². The van der Waals surface area contributed by atoms with E-state index >= 15 is 0 Å². The second kappa shape index (κ2) is 13.3. The fourth-order valence-electron chi connectivity index (χ4n) is 3.01. The van der Waals surface area contributed by atoms with E-state index in [9.17, 15) is 23.9 Å². The molecule has 0 fully saturated rings. The van der Waals surface area contributed by atoms with Gasteiger partial charge in [-0.15, -0.1) is 0 Å². The van der Waals surface area contributed by atoms with Crippen molar-refractivity contribution < 1.29 is 33.4 Å². The van der Waals surface area contributed by atoms with E-state index in [0.29, 0.717) is 10.8 Å². The van der Waals surface area contributed by atoms with Crippen molar-refractivity contribution in [1.29, 1.82) is 0 Å². The molecule has 0 saturated carbocycles. The van der Waals surface area contributed by atoms with Crippen LogP contribution in [0.1, 0.15) is 33.2 Å². The van der Waals surface area contributed by atoms with Crippen LogP contribution in [0.25, 0.3) is 0 Å². The average molecular weight is 572 g/mol. The number of benzene rings is 2. The van der Waals surface area contributed by atoms with Crippen LogP contribution in [-0.4, -0.2) is 32.9 Å². The number of phenols is 1. The van der Waals surface area contributed by atoms with Gasteiger partial charge in [-0.2, -0.15) is 0 Å². The molecule has 0 spiro atoms. The number of ether oxygens (including phenoxy) is 2. The number of pyridine rings is 2. The standard InChI is InChI=1S/C14H10ClFN2O3.C13H10ClNO3/c1-8(19)18-13-4-9(2-3-12(13)16)14(20)21-11-5-10(15)6-17-7-11;1-8-5-9(7-15-6-8)18-13(17)12-10(14)3-2-4-11(12)16/h2-7H,1H3,(H,18,19);2-7,16H,1H3. The van der Waals surface area contributed by atoms with Crippen LogP contribution in [0.2, 0.25) is 10.0 Å². The smallest absolute Gasteiger partial charge is 0.348 e. The number of phenolic OH excluding ortho intramolecular Hbond substituents is 1. The van der Waals surface area contributed by atoms with Gasteiger partial charge in [-0.05, 0) is 48.9 Å². The maximum Gasteiger partial charge on any atom is 0.348 e. The summed E-state index contributed by atoms with van der Waals surface area (Å²) in [4.78, 5) is 42.5. The first kappa shape index (κ1) is 29.0. The molecule has 0 aliphatic rings. The number of aromatic nitrogens is 2. The molecular formula is C27H20Cl2FN3O6. The third-order valence-corrected chi connectivity index (χ3v) is 5.18. The van der Waals surface area contributed by atoms with Crippen LogP contribution in [0, 0.1) is 12.7 Å². The zero-order valence-electron chi connectivity index (χ0n) is 20.4. The Kier molecular flexibility index (Phi) is 9.91. The number of rotatable bonds is 5. The maximum atomic E-state index is 13.5. The predicted octanol–water partition coefficient (Wildman–Crippen LogP) is 6.02. The summed E-state index contributed by atoms with van der Waals surface area (Å²) < 4.78 is 23.6. The number of carbonyl (C=O) groups is 3. The molecule has 4 aromatic rings. The lowest BCUT2D eigenvalue weighted by molar-refractivity contribution is -0.114. The molecule has 39 heavy (non-hydrogen) atoms. The number of amides is 1. The van der Waals surface area contributed by atoms with Gasteiger partial charge >= 0.3 is 11.9 Å². The minimum Gasteiger partial charge on any atom is -0.507 e. The number of nitrogens with one attached hydrogen (secondary N) is 1. The van der Waals surface area contributed by atoms with E-state index in [2.05, 4.69) is 15.3 Å². The number of esters is 2. The van der Waals surface area contributed by atoms with Crippen LogP contribution in [-0.2, 0) is 4.79 Å². The van der Waals surface area contributed by atoms with Gasteiger partial charge in [-0.1, -0.05) is 29.3 Å². The second-order valence-electron chi connectivity index (χ2n) is 7.83. The minimum absolute atomic E-state index is 0.0549. The van der Waals surface area contributed by atoms with Gasteiger partial charge in [0.05, 0.1) is 33.7 Å². The Bertz CT molecular complexity index is 1510. The number of nitrogens with zero attached hydrogens (tertiary/aromatic N) is 2. The number of halogens is 3. The molecule has 9 nitrogen and oxygen atoms in total. The molecule has 2 N–H and O–H groups in total. The summed E-state index contributed by atoms with van der Waals surface area (Å²) in [5.41, 5.74) is 0.797. The van der Waals surface area contributed by atoms with Gasteiger partial charge in [0.1, 0.15) is 22.9 Å². The molecule has 2 aromatic heterocycles. The van der Waals surface area contributed by atoms with Gasteiger partial charge < -0.3 is 19.9 Å². The lowest BCUT2D eigenvalue weighted by atomic mass is 10.2. The summed E-state index contributed by atoms with van der Waals surface area (Å²) in [5, 5.41) is 12.3. The Morgan fingerprint density at radius 2 is 1.56 bits per heavy atom. The third kappa shape index (κ3) is 8.49. The fourth-order valence-corrected chi connectivity index (χ4v) is 3.42. The summed E-state index contributed by atoms with van der Waals surface area (Å²) in [6, 6.07) is 11.0. The summed E-state index contributed by atoms with van der Waals surface area (Å²) in [6.07, 6.45) is 5.77. The van der Waals surface area contributed by atoms with Crippen LogP contribution < -0.4 is 14.8 Å². The quantitative estimate of drug-likeness (QED) is 0.278. The highest BCUT2D eigenvalue weighted by atomic mass is 35.5. The highest BCUT2D eigenvalue weighted by Gasteiger charge is 2.18. The predicted molar refractivity (Wildman–Crippen MR) is 142 cm³/mol. The average Bonchev–Trinajstić information content (AvgIpc) is 2.85. The summed E-state index contributed by atoms with van der Waals surface area (Å²) in [7, 11) is 0. The fraction of sp³-hybridized carbons (Fsp3) is 0.0741. The Labute approximate surface area is 232 Å². The molecule has 12 heteroatoms. The molecular weight excluding hydrogens is 552 g/mol. The SMILES string of the molecule is CC(=O)Nc1cc(C(=O)Oc2cncc(Cl)c2)ccc1F.Cc1cncc(OC(=O)c2c(O)cccc2Cl)c1. The Balaban J connectivity index is 0.000000218. The number of hydrogen-bond donors (Lipinski definition) is 2. The van der Waals surface area contributed by atoms with Crippen molar-refractivity contribution in [2.45, 2.75) is 13.8 Å². The maximum absolute atomic E-state index is 13.5. The van der Waals surface area contributed by atoms with Gasteiger partial charge in [0.15, 0.2) is 5.75 Å². The molecule has 0 aliphatic heterocycles. The molecule has 4 rings (SSSR count). The largest absolute Gasteiger partial charge is 0.507 e. The van der Waals surface area contributed by atoms with Crippen LogP contribution in [0.5, 0.6) is 17.2 Å². The van der Waals surface area contributed by atoms with Crippen LogP contribution in [0.4, 0.5) is 10.1 Å². The van der Waals surface area contributed by atoms with Crippen LogP contribution >= 0.6 is 23.2 Å². The molecule has 0 atom stereocenters. The first-order valence-corrected chi connectivity index (χ1v) is 11.8. The third-order valence-electron chi connectivity index (χ3n) is 4.66.